The van der Waals surface area contributed by atoms with Gasteiger partial charge >= 0.3 is 0 Å². The summed E-state index contributed by atoms with van der Waals surface area (Å²) < 4.78 is 0. The molecule has 4 rings (SSSR count). The molecule has 0 radical (unpaired) electrons. The maximum Gasteiger partial charge on any atom is 0.280 e. The molecule has 2 fully saturated rings. The van der Waals surface area contributed by atoms with Crippen molar-refractivity contribution in [3.63, 3.8) is 0 Å². The Morgan fingerprint density at radius 1 is 1.28 bits per heavy atom. The van der Waals surface area contributed by atoms with Crippen molar-refractivity contribution in [2.75, 3.05) is 36.8 Å². The van der Waals surface area contributed by atoms with Crippen LogP contribution in [0.2, 0.25) is 12.1 Å². The Hall–Kier alpha value is -2.41. The Labute approximate surface area is 197 Å². The molecule has 168 valence electrons. The fourth-order valence-electron chi connectivity index (χ4n) is 4.75. The molecule has 2 amide bonds. The second-order valence-electron chi connectivity index (χ2n) is 8.45. The molecule has 3 aliphatic heterocycles. The highest BCUT2D eigenvalue weighted by molar-refractivity contribution is 6.72. The smallest absolute Gasteiger partial charge is 0.280 e. The molecule has 0 saturated carbocycles. The third kappa shape index (κ3) is 4.15. The number of benzene rings is 1. The van der Waals surface area contributed by atoms with E-state index in [-0.39, 0.29) is 35.0 Å². The lowest BCUT2D eigenvalue weighted by Crippen LogP contribution is -2.50. The van der Waals surface area contributed by atoms with E-state index < -0.39 is 12.1 Å². The molecule has 0 aliphatic carbocycles. The van der Waals surface area contributed by atoms with Crippen LogP contribution < -0.4 is 10.6 Å². The minimum absolute atomic E-state index is 0.0765. The molecule has 3 N–H and O–H groups in total. The van der Waals surface area contributed by atoms with E-state index in [9.17, 15) is 20.0 Å². The number of nitrogens with two attached hydrogens (primary N) is 1. The van der Waals surface area contributed by atoms with Gasteiger partial charge < -0.3 is 25.5 Å². The Balaban J connectivity index is 1.37. The third-order valence-corrected chi connectivity index (χ3v) is 7.40. The van der Waals surface area contributed by atoms with Crippen molar-refractivity contribution in [2.24, 2.45) is 0 Å². The van der Waals surface area contributed by atoms with E-state index in [2.05, 4.69) is 10.9 Å². The second kappa shape index (κ2) is 9.22. The zero-order chi connectivity index (χ0) is 23.0. The highest BCUT2D eigenvalue weighted by Gasteiger charge is 2.40. The normalized spacial score (nSPS) is 23.9. The Morgan fingerprint density at radius 2 is 2.00 bits per heavy atom. The molecule has 11 heteroatoms. The first kappa shape index (κ1) is 22.8. The number of carbonyl (C=O) groups excluding carboxylic acids is 2. The Kier molecular flexibility index (Phi) is 6.56. The number of hydrogen-bond donors (Lipinski definition) is 2. The zero-order valence-electron chi connectivity index (χ0n) is 17.5. The lowest BCUT2D eigenvalue weighted by atomic mass is 9.43. The lowest BCUT2D eigenvalue weighted by molar-refractivity contribution is -0.132. The van der Waals surface area contributed by atoms with E-state index in [4.69, 9.17) is 28.9 Å². The summed E-state index contributed by atoms with van der Waals surface area (Å²) in [5, 5.41) is 19.1. The molecule has 8 nitrogen and oxygen atoms in total. The number of nitriles is 1. The number of hydrogen-bond acceptors (Lipinski definition) is 6. The van der Waals surface area contributed by atoms with Gasteiger partial charge in [0.05, 0.1) is 16.4 Å². The van der Waals surface area contributed by atoms with Crippen LogP contribution in [0.5, 0.6) is 0 Å². The summed E-state index contributed by atoms with van der Waals surface area (Å²) in [4.78, 5) is 30.2. The average molecular weight is 476 g/mol. The van der Waals surface area contributed by atoms with Crippen molar-refractivity contribution < 1.29 is 14.7 Å². The number of halogens is 2. The fraction of sp³-hybridized carbons (Fsp3) is 0.476. The number of amides is 2. The first-order valence-electron chi connectivity index (χ1n) is 10.7. The number of nitrogen functional groups attached to an aromatic ring is 1. The van der Waals surface area contributed by atoms with E-state index >= 15 is 0 Å². The van der Waals surface area contributed by atoms with Crippen LogP contribution in [0, 0.1) is 11.2 Å². The lowest BCUT2D eigenvalue weighted by Gasteiger charge is -2.38. The molecule has 2 saturated heterocycles. The van der Waals surface area contributed by atoms with E-state index in [1.807, 2.05) is 17.0 Å². The molecular weight excluding hydrogens is 452 g/mol. The van der Waals surface area contributed by atoms with Gasteiger partial charge in [0.2, 0.25) is 5.91 Å². The van der Waals surface area contributed by atoms with E-state index in [1.54, 1.807) is 6.07 Å². The summed E-state index contributed by atoms with van der Waals surface area (Å²) in [6.07, 6.45) is 1.28. The van der Waals surface area contributed by atoms with Gasteiger partial charge in [-0.25, -0.2) is 5.26 Å². The minimum atomic E-state index is -1.26. The van der Waals surface area contributed by atoms with Crippen LogP contribution in [0.25, 0.3) is 0 Å². The molecule has 0 aromatic heterocycles. The third-order valence-electron chi connectivity index (χ3n) is 6.56. The standard InChI is InChI=1S/C21H24BCl2N5O3/c23-17-18(24)21(32)29(20(17)31)11-13-3-4-16(15(26)10-13)27-6-8-28(9-7-27)19(30)14-2-1-5-22(14)12-25/h3-4,10,14,20,31H,1-2,5-9,11,26H2/t14-,20?/m0/s1. The summed E-state index contributed by atoms with van der Waals surface area (Å²) >= 11 is 11.7. The predicted molar refractivity (Wildman–Crippen MR) is 124 cm³/mol. The molecule has 2 atom stereocenters. The highest BCUT2D eigenvalue weighted by atomic mass is 35.5. The van der Waals surface area contributed by atoms with Gasteiger partial charge in [0.25, 0.3) is 12.6 Å². The summed E-state index contributed by atoms with van der Waals surface area (Å²) in [5.41, 5.74) is 8.45. The van der Waals surface area contributed by atoms with E-state index in [1.165, 1.54) is 4.90 Å². The molecule has 1 aromatic carbocycles. The van der Waals surface area contributed by atoms with Crippen molar-refractivity contribution in [2.45, 2.75) is 37.8 Å². The molecule has 1 aromatic rings. The minimum Gasteiger partial charge on any atom is -0.397 e. The summed E-state index contributed by atoms with van der Waals surface area (Å²) in [6.45, 7) is 2.44. The maximum atomic E-state index is 12.8. The van der Waals surface area contributed by atoms with Crippen LogP contribution in [-0.2, 0) is 16.1 Å². The number of carbonyl (C=O) groups is 2. The molecule has 1 unspecified atom stereocenters. The first-order valence-corrected chi connectivity index (χ1v) is 11.4. The summed E-state index contributed by atoms with van der Waals surface area (Å²) in [5.74, 6) is 1.69. The van der Waals surface area contributed by atoms with Crippen LogP contribution in [0.3, 0.4) is 0 Å². The van der Waals surface area contributed by atoms with Crippen LogP contribution in [0.1, 0.15) is 18.4 Å². The van der Waals surface area contributed by atoms with Crippen LogP contribution in [0.4, 0.5) is 11.4 Å². The van der Waals surface area contributed by atoms with Crippen LogP contribution >= 0.6 is 23.2 Å². The van der Waals surface area contributed by atoms with Gasteiger partial charge in [0.1, 0.15) is 5.03 Å². The van der Waals surface area contributed by atoms with Gasteiger partial charge in [0.15, 0.2) is 6.23 Å². The number of nitrogens with zero attached hydrogens (tertiary/aromatic N) is 4. The molecule has 3 heterocycles. The number of piperazine rings is 1. The SMILES string of the molecule is N#CB1CCC[C@H]1C(=O)N1CCN(c2ccc(CN3C(=O)C(Cl)=C(Cl)C3O)cc2N)CC1. The molecule has 32 heavy (non-hydrogen) atoms. The second-order valence-corrected chi connectivity index (χ2v) is 9.23. The van der Waals surface area contributed by atoms with E-state index in [0.717, 1.165) is 30.4 Å². The van der Waals surface area contributed by atoms with E-state index in [0.29, 0.717) is 31.9 Å². The van der Waals surface area contributed by atoms with Crippen molar-refractivity contribution in [1.82, 2.24) is 9.80 Å². The number of anilines is 2. The van der Waals surface area contributed by atoms with Crippen molar-refractivity contribution in [3.05, 3.63) is 33.8 Å². The van der Waals surface area contributed by atoms with Crippen molar-refractivity contribution in [1.29, 1.82) is 5.26 Å². The van der Waals surface area contributed by atoms with Gasteiger partial charge in [-0.2, -0.15) is 0 Å². The van der Waals surface area contributed by atoms with Gasteiger partial charge in [-0.1, -0.05) is 42.0 Å². The average Bonchev–Trinajstić information content (AvgIpc) is 3.35. The molecular formula is C21H24BCl2N5O3. The van der Waals surface area contributed by atoms with Crippen LogP contribution in [0.15, 0.2) is 28.3 Å². The number of aliphatic hydroxyl groups is 1. The van der Waals surface area contributed by atoms with Crippen molar-refractivity contribution >= 4 is 53.1 Å². The first-order chi connectivity index (χ1) is 15.3. The van der Waals surface area contributed by atoms with Gasteiger partial charge in [0, 0.05) is 44.5 Å². The largest absolute Gasteiger partial charge is 0.397 e. The van der Waals surface area contributed by atoms with Gasteiger partial charge in [-0.05, 0) is 24.1 Å². The summed E-state index contributed by atoms with van der Waals surface area (Å²) in [6, 6.07) is 5.50. The molecule has 0 spiro atoms. The maximum absolute atomic E-state index is 12.8. The van der Waals surface area contributed by atoms with Crippen molar-refractivity contribution in [3.8, 4) is 5.97 Å². The summed E-state index contributed by atoms with van der Waals surface area (Å²) in [7, 11) is 0. The molecule has 3 aliphatic rings. The monoisotopic (exact) mass is 475 g/mol. The predicted octanol–water partition coefficient (Wildman–Crippen LogP) is 1.99. The topological polar surface area (TPSA) is 114 Å². The highest BCUT2D eigenvalue weighted by Crippen LogP contribution is 2.34. The Bertz CT molecular complexity index is 1010. The fourth-order valence-corrected chi connectivity index (χ4v) is 5.15. The van der Waals surface area contributed by atoms with Gasteiger partial charge in [-0.15, -0.1) is 0 Å². The number of rotatable bonds is 4. The molecule has 0 bridgehead atoms. The van der Waals surface area contributed by atoms with Crippen LogP contribution in [-0.4, -0.2) is 65.8 Å². The Morgan fingerprint density at radius 3 is 2.59 bits per heavy atom. The number of aliphatic hydroxyl groups excluding tert-OH is 1. The quantitative estimate of drug-likeness (QED) is 0.508. The van der Waals surface area contributed by atoms with Gasteiger partial charge in [-0.3, -0.25) is 9.59 Å². The zero-order valence-corrected chi connectivity index (χ0v) is 19.0.